The lowest BCUT2D eigenvalue weighted by atomic mass is 10.2. The van der Waals surface area contributed by atoms with Gasteiger partial charge in [0.1, 0.15) is 12.1 Å². The van der Waals surface area contributed by atoms with E-state index in [1.54, 1.807) is 6.33 Å². The molecule has 102 valence electrons. The normalized spacial score (nSPS) is 24.1. The first kappa shape index (κ1) is 12.9. The molecule has 1 fully saturated rings. The zero-order valence-electron chi connectivity index (χ0n) is 11.1. The standard InChI is InChI=1S/C13H17BrN4O/c1-9-3-12-15-8-16-18(12)13(4-9)17-6-11(5-14)19-7-10(17)2/h3-4,8,10-11H,5-7H2,1-2H3. The number of hydrogen-bond donors (Lipinski definition) is 0. The Labute approximate surface area is 120 Å². The highest BCUT2D eigenvalue weighted by Crippen LogP contribution is 2.24. The molecule has 5 nitrogen and oxygen atoms in total. The van der Waals surface area contributed by atoms with Gasteiger partial charge in [-0.25, -0.2) is 4.98 Å². The lowest BCUT2D eigenvalue weighted by Gasteiger charge is -2.39. The molecule has 2 aromatic rings. The third kappa shape index (κ3) is 2.34. The largest absolute Gasteiger partial charge is 0.373 e. The van der Waals surface area contributed by atoms with Crippen LogP contribution in [0.1, 0.15) is 12.5 Å². The average Bonchev–Trinajstić information content (AvgIpc) is 2.86. The number of aromatic nitrogens is 3. The summed E-state index contributed by atoms with van der Waals surface area (Å²) in [5.41, 5.74) is 2.09. The minimum Gasteiger partial charge on any atom is -0.373 e. The van der Waals surface area contributed by atoms with Crippen molar-refractivity contribution in [1.29, 1.82) is 0 Å². The van der Waals surface area contributed by atoms with E-state index in [1.165, 1.54) is 5.56 Å². The maximum absolute atomic E-state index is 5.78. The molecule has 1 aliphatic heterocycles. The van der Waals surface area contributed by atoms with Crippen molar-refractivity contribution < 1.29 is 4.74 Å². The van der Waals surface area contributed by atoms with Gasteiger partial charge in [-0.05, 0) is 31.5 Å². The lowest BCUT2D eigenvalue weighted by Crippen LogP contribution is -2.49. The van der Waals surface area contributed by atoms with Gasteiger partial charge < -0.3 is 9.64 Å². The van der Waals surface area contributed by atoms with Crippen molar-refractivity contribution in [1.82, 2.24) is 14.6 Å². The van der Waals surface area contributed by atoms with Crippen LogP contribution in [0, 0.1) is 6.92 Å². The molecule has 0 spiro atoms. The number of alkyl halides is 1. The summed E-state index contributed by atoms with van der Waals surface area (Å²) in [6, 6.07) is 4.54. The molecular weight excluding hydrogens is 308 g/mol. The zero-order chi connectivity index (χ0) is 13.4. The first-order valence-corrected chi connectivity index (χ1v) is 7.56. The van der Waals surface area contributed by atoms with Gasteiger partial charge in [0.2, 0.25) is 0 Å². The second-order valence-corrected chi connectivity index (χ2v) is 5.68. The molecule has 19 heavy (non-hydrogen) atoms. The molecule has 1 aliphatic rings. The minimum atomic E-state index is 0.218. The molecule has 0 amide bonds. The molecule has 2 unspecified atom stereocenters. The number of rotatable bonds is 2. The number of morpholine rings is 1. The number of fused-ring (bicyclic) bond motifs is 1. The van der Waals surface area contributed by atoms with Gasteiger partial charge in [-0.3, -0.25) is 0 Å². The fourth-order valence-corrected chi connectivity index (χ4v) is 2.86. The molecule has 2 aromatic heterocycles. The van der Waals surface area contributed by atoms with Crippen LogP contribution in [0.15, 0.2) is 18.5 Å². The van der Waals surface area contributed by atoms with Crippen molar-refractivity contribution in [2.24, 2.45) is 0 Å². The van der Waals surface area contributed by atoms with Crippen molar-refractivity contribution >= 4 is 27.4 Å². The van der Waals surface area contributed by atoms with Crippen LogP contribution in [0.3, 0.4) is 0 Å². The van der Waals surface area contributed by atoms with Crippen LogP contribution in [0.2, 0.25) is 0 Å². The van der Waals surface area contributed by atoms with Gasteiger partial charge in [-0.15, -0.1) is 0 Å². The van der Waals surface area contributed by atoms with Gasteiger partial charge in [-0.2, -0.15) is 9.61 Å². The number of halogens is 1. The van der Waals surface area contributed by atoms with E-state index in [4.69, 9.17) is 4.74 Å². The molecule has 0 saturated carbocycles. The number of ether oxygens (including phenoxy) is 1. The zero-order valence-corrected chi connectivity index (χ0v) is 12.7. The van der Waals surface area contributed by atoms with Crippen molar-refractivity contribution in [3.63, 3.8) is 0 Å². The van der Waals surface area contributed by atoms with E-state index in [1.807, 2.05) is 10.6 Å². The molecule has 1 saturated heterocycles. The Morgan fingerprint density at radius 1 is 1.47 bits per heavy atom. The fraction of sp³-hybridized carbons (Fsp3) is 0.538. The highest BCUT2D eigenvalue weighted by atomic mass is 79.9. The number of nitrogens with zero attached hydrogens (tertiary/aromatic N) is 4. The highest BCUT2D eigenvalue weighted by Gasteiger charge is 2.27. The summed E-state index contributed by atoms with van der Waals surface area (Å²) >= 11 is 3.50. The predicted molar refractivity (Wildman–Crippen MR) is 78.1 cm³/mol. The Balaban J connectivity index is 2.04. The summed E-state index contributed by atoms with van der Waals surface area (Å²) in [4.78, 5) is 6.64. The lowest BCUT2D eigenvalue weighted by molar-refractivity contribution is 0.0375. The van der Waals surface area contributed by atoms with E-state index in [-0.39, 0.29) is 6.10 Å². The van der Waals surface area contributed by atoms with Gasteiger partial charge in [0.25, 0.3) is 0 Å². The van der Waals surface area contributed by atoms with Gasteiger partial charge in [0.15, 0.2) is 5.65 Å². The van der Waals surface area contributed by atoms with Crippen molar-refractivity contribution in [3.05, 3.63) is 24.0 Å². The Hall–Kier alpha value is -1.14. The van der Waals surface area contributed by atoms with Crippen molar-refractivity contribution in [2.75, 3.05) is 23.4 Å². The van der Waals surface area contributed by atoms with Gasteiger partial charge >= 0.3 is 0 Å². The molecule has 0 bridgehead atoms. The summed E-state index contributed by atoms with van der Waals surface area (Å²) in [6.07, 6.45) is 1.82. The van der Waals surface area contributed by atoms with Gasteiger partial charge in [0.05, 0.1) is 18.8 Å². The van der Waals surface area contributed by atoms with Crippen LogP contribution in [0.4, 0.5) is 5.82 Å². The fourth-order valence-electron chi connectivity index (χ4n) is 2.47. The Bertz CT molecular complexity index is 585. The smallest absolute Gasteiger partial charge is 0.157 e. The molecule has 3 heterocycles. The second-order valence-electron chi connectivity index (χ2n) is 5.03. The van der Waals surface area contributed by atoms with Crippen LogP contribution in [-0.2, 0) is 4.74 Å². The quantitative estimate of drug-likeness (QED) is 0.793. The summed E-state index contributed by atoms with van der Waals surface area (Å²) in [6.45, 7) is 5.87. The van der Waals surface area contributed by atoms with Crippen molar-refractivity contribution in [3.8, 4) is 0 Å². The molecule has 0 aliphatic carbocycles. The van der Waals surface area contributed by atoms with Crippen molar-refractivity contribution in [2.45, 2.75) is 26.0 Å². The molecular formula is C13H17BrN4O. The van der Waals surface area contributed by atoms with E-state index in [9.17, 15) is 0 Å². The van der Waals surface area contributed by atoms with Crippen LogP contribution < -0.4 is 4.90 Å². The Kier molecular flexibility index (Phi) is 3.45. The van der Waals surface area contributed by atoms with E-state index < -0.39 is 0 Å². The van der Waals surface area contributed by atoms with E-state index in [0.717, 1.165) is 29.9 Å². The SMILES string of the molecule is Cc1cc(N2CC(CBr)OCC2C)n2ncnc2c1. The maximum Gasteiger partial charge on any atom is 0.157 e. The molecule has 3 rings (SSSR count). The van der Waals surface area contributed by atoms with E-state index in [0.29, 0.717) is 6.04 Å². The molecule has 0 N–H and O–H groups in total. The third-order valence-corrected chi connectivity index (χ3v) is 4.20. The second kappa shape index (κ2) is 5.09. The van der Waals surface area contributed by atoms with Crippen LogP contribution in [0.25, 0.3) is 5.65 Å². The first-order valence-electron chi connectivity index (χ1n) is 6.43. The number of pyridine rings is 1. The summed E-state index contributed by atoms with van der Waals surface area (Å²) in [5.74, 6) is 1.09. The first-order chi connectivity index (χ1) is 9.19. The third-order valence-electron chi connectivity index (χ3n) is 3.48. The number of hydrogen-bond acceptors (Lipinski definition) is 4. The minimum absolute atomic E-state index is 0.218. The average molecular weight is 325 g/mol. The topological polar surface area (TPSA) is 42.7 Å². The van der Waals surface area contributed by atoms with Gasteiger partial charge in [0, 0.05) is 11.9 Å². The Morgan fingerprint density at radius 3 is 3.11 bits per heavy atom. The van der Waals surface area contributed by atoms with Crippen LogP contribution in [0.5, 0.6) is 0 Å². The number of anilines is 1. The van der Waals surface area contributed by atoms with Crippen LogP contribution >= 0.6 is 15.9 Å². The van der Waals surface area contributed by atoms with Gasteiger partial charge in [-0.1, -0.05) is 15.9 Å². The molecule has 0 radical (unpaired) electrons. The molecule has 0 aromatic carbocycles. The predicted octanol–water partition coefficient (Wildman–Crippen LogP) is 2.03. The maximum atomic E-state index is 5.78. The Morgan fingerprint density at radius 2 is 2.32 bits per heavy atom. The number of aryl methyl sites for hydroxylation is 1. The van der Waals surface area contributed by atoms with Crippen LogP contribution in [-0.4, -0.2) is 45.2 Å². The summed E-state index contributed by atoms with van der Waals surface area (Å²) in [5, 5.41) is 5.18. The summed E-state index contributed by atoms with van der Waals surface area (Å²) in [7, 11) is 0. The van der Waals surface area contributed by atoms with E-state index in [2.05, 4.69) is 50.8 Å². The molecule has 6 heteroatoms. The highest BCUT2D eigenvalue weighted by molar-refractivity contribution is 9.09. The summed E-state index contributed by atoms with van der Waals surface area (Å²) < 4.78 is 7.68. The van der Waals surface area contributed by atoms with E-state index >= 15 is 0 Å². The molecule has 2 atom stereocenters. The monoisotopic (exact) mass is 324 g/mol.